The maximum Gasteiger partial charge on any atom is 0.234 e. The number of rotatable bonds is 6. The van der Waals surface area contributed by atoms with Crippen LogP contribution in [-0.4, -0.2) is 31.6 Å². The molecule has 108 valence electrons. The van der Waals surface area contributed by atoms with E-state index in [1.54, 1.807) is 7.11 Å². The SMILES string of the molecule is COc1cccc(C2CC(NCC(=O)NC3CC3)C2)c1. The van der Waals surface area contributed by atoms with Crippen LogP contribution < -0.4 is 15.4 Å². The summed E-state index contributed by atoms with van der Waals surface area (Å²) < 4.78 is 5.25. The van der Waals surface area contributed by atoms with Gasteiger partial charge in [0.1, 0.15) is 5.75 Å². The third-order valence-electron chi connectivity index (χ3n) is 4.20. The molecule has 0 spiro atoms. The number of amides is 1. The Labute approximate surface area is 119 Å². The highest BCUT2D eigenvalue weighted by molar-refractivity contribution is 5.78. The van der Waals surface area contributed by atoms with Crippen LogP contribution in [0.3, 0.4) is 0 Å². The second kappa shape index (κ2) is 5.83. The molecule has 2 fully saturated rings. The molecule has 1 aromatic rings. The Morgan fingerprint density at radius 2 is 2.10 bits per heavy atom. The first-order valence-electron chi connectivity index (χ1n) is 7.41. The quantitative estimate of drug-likeness (QED) is 0.832. The second-order valence-corrected chi connectivity index (χ2v) is 5.86. The van der Waals surface area contributed by atoms with Gasteiger partial charge in [0.15, 0.2) is 0 Å². The summed E-state index contributed by atoms with van der Waals surface area (Å²) in [7, 11) is 1.70. The van der Waals surface area contributed by atoms with Gasteiger partial charge >= 0.3 is 0 Å². The van der Waals surface area contributed by atoms with E-state index in [9.17, 15) is 4.79 Å². The van der Waals surface area contributed by atoms with Crippen LogP contribution in [0.1, 0.15) is 37.2 Å². The zero-order chi connectivity index (χ0) is 13.9. The van der Waals surface area contributed by atoms with Gasteiger partial charge in [0.05, 0.1) is 13.7 Å². The van der Waals surface area contributed by atoms with E-state index >= 15 is 0 Å². The molecule has 0 heterocycles. The molecule has 20 heavy (non-hydrogen) atoms. The van der Waals surface area contributed by atoms with Crippen molar-refractivity contribution in [1.82, 2.24) is 10.6 Å². The van der Waals surface area contributed by atoms with Gasteiger partial charge in [-0.3, -0.25) is 4.79 Å². The first kappa shape index (κ1) is 13.4. The molecule has 0 radical (unpaired) electrons. The van der Waals surface area contributed by atoms with Gasteiger partial charge in [-0.05, 0) is 49.3 Å². The maximum atomic E-state index is 11.6. The van der Waals surface area contributed by atoms with Gasteiger partial charge in [0, 0.05) is 12.1 Å². The number of ether oxygens (including phenoxy) is 1. The molecular formula is C16H22N2O2. The standard InChI is InChI=1S/C16H22N2O2/c1-20-15-4-2-3-11(9-15)12-7-14(8-12)17-10-16(19)18-13-5-6-13/h2-4,9,12-14,17H,5-8,10H2,1H3,(H,18,19). The molecule has 0 aliphatic heterocycles. The summed E-state index contributed by atoms with van der Waals surface area (Å²) in [6, 6.07) is 9.20. The summed E-state index contributed by atoms with van der Waals surface area (Å²) in [5, 5.41) is 6.33. The maximum absolute atomic E-state index is 11.6. The summed E-state index contributed by atoms with van der Waals surface area (Å²) in [4.78, 5) is 11.6. The average molecular weight is 274 g/mol. The highest BCUT2D eigenvalue weighted by Crippen LogP contribution is 2.37. The van der Waals surface area contributed by atoms with E-state index in [0.29, 0.717) is 24.5 Å². The van der Waals surface area contributed by atoms with Crippen molar-refractivity contribution in [2.24, 2.45) is 0 Å². The molecular weight excluding hydrogens is 252 g/mol. The first-order valence-corrected chi connectivity index (χ1v) is 7.41. The Kier molecular flexibility index (Phi) is 3.92. The van der Waals surface area contributed by atoms with E-state index in [0.717, 1.165) is 31.4 Å². The van der Waals surface area contributed by atoms with Crippen molar-refractivity contribution in [3.8, 4) is 5.75 Å². The van der Waals surface area contributed by atoms with Crippen LogP contribution in [0.25, 0.3) is 0 Å². The van der Waals surface area contributed by atoms with Crippen molar-refractivity contribution in [2.75, 3.05) is 13.7 Å². The molecule has 0 unspecified atom stereocenters. The van der Waals surface area contributed by atoms with Gasteiger partial charge in [-0.2, -0.15) is 0 Å². The molecule has 4 heteroatoms. The topological polar surface area (TPSA) is 50.4 Å². The lowest BCUT2D eigenvalue weighted by Crippen LogP contribution is -2.45. The highest BCUT2D eigenvalue weighted by atomic mass is 16.5. The second-order valence-electron chi connectivity index (χ2n) is 5.86. The summed E-state index contributed by atoms with van der Waals surface area (Å²) in [5.74, 6) is 1.65. The highest BCUT2D eigenvalue weighted by Gasteiger charge is 2.31. The van der Waals surface area contributed by atoms with Crippen molar-refractivity contribution in [2.45, 2.75) is 43.7 Å². The van der Waals surface area contributed by atoms with Crippen LogP contribution in [-0.2, 0) is 4.79 Å². The third-order valence-corrected chi connectivity index (χ3v) is 4.20. The molecule has 3 rings (SSSR count). The molecule has 0 saturated heterocycles. The van der Waals surface area contributed by atoms with Crippen LogP contribution in [0.4, 0.5) is 0 Å². The zero-order valence-corrected chi connectivity index (χ0v) is 11.9. The van der Waals surface area contributed by atoms with Gasteiger partial charge in [-0.1, -0.05) is 12.1 Å². The van der Waals surface area contributed by atoms with Gasteiger partial charge in [-0.25, -0.2) is 0 Å². The average Bonchev–Trinajstić information content (AvgIpc) is 3.21. The summed E-state index contributed by atoms with van der Waals surface area (Å²) in [6.45, 7) is 0.450. The van der Waals surface area contributed by atoms with E-state index in [2.05, 4.69) is 22.8 Å². The van der Waals surface area contributed by atoms with Crippen LogP contribution in [0.15, 0.2) is 24.3 Å². The van der Waals surface area contributed by atoms with E-state index < -0.39 is 0 Å². The molecule has 2 aliphatic carbocycles. The molecule has 2 aliphatic rings. The Morgan fingerprint density at radius 3 is 2.80 bits per heavy atom. The van der Waals surface area contributed by atoms with Crippen molar-refractivity contribution >= 4 is 5.91 Å². The fourth-order valence-corrected chi connectivity index (χ4v) is 2.70. The lowest BCUT2D eigenvalue weighted by Gasteiger charge is -2.36. The van der Waals surface area contributed by atoms with Gasteiger partial charge in [0.2, 0.25) is 5.91 Å². The monoisotopic (exact) mass is 274 g/mol. The van der Waals surface area contributed by atoms with E-state index in [4.69, 9.17) is 4.74 Å². The fourth-order valence-electron chi connectivity index (χ4n) is 2.70. The number of hydrogen-bond acceptors (Lipinski definition) is 3. The Bertz CT molecular complexity index is 479. The van der Waals surface area contributed by atoms with E-state index in [1.807, 2.05) is 12.1 Å². The number of benzene rings is 1. The van der Waals surface area contributed by atoms with Gasteiger partial charge < -0.3 is 15.4 Å². The van der Waals surface area contributed by atoms with Crippen molar-refractivity contribution in [3.63, 3.8) is 0 Å². The minimum atomic E-state index is 0.136. The van der Waals surface area contributed by atoms with Crippen LogP contribution in [0.5, 0.6) is 5.75 Å². The summed E-state index contributed by atoms with van der Waals surface area (Å²) in [6.07, 6.45) is 4.49. The number of methoxy groups -OCH3 is 1. The van der Waals surface area contributed by atoms with E-state index in [1.165, 1.54) is 5.56 Å². The predicted octanol–water partition coefficient (Wildman–Crippen LogP) is 1.81. The van der Waals surface area contributed by atoms with Crippen LogP contribution in [0, 0.1) is 0 Å². The Morgan fingerprint density at radius 1 is 1.30 bits per heavy atom. The number of nitrogens with one attached hydrogen (secondary N) is 2. The zero-order valence-electron chi connectivity index (χ0n) is 11.9. The van der Waals surface area contributed by atoms with Gasteiger partial charge in [0.25, 0.3) is 0 Å². The molecule has 2 N–H and O–H groups in total. The minimum absolute atomic E-state index is 0.136. The molecule has 4 nitrogen and oxygen atoms in total. The van der Waals surface area contributed by atoms with Crippen molar-refractivity contribution in [3.05, 3.63) is 29.8 Å². The van der Waals surface area contributed by atoms with Crippen LogP contribution in [0.2, 0.25) is 0 Å². The number of carbonyl (C=O) groups excluding carboxylic acids is 1. The first-order chi connectivity index (χ1) is 9.74. The molecule has 1 amide bonds. The molecule has 0 atom stereocenters. The lowest BCUT2D eigenvalue weighted by molar-refractivity contribution is -0.120. The smallest absolute Gasteiger partial charge is 0.234 e. The van der Waals surface area contributed by atoms with Crippen molar-refractivity contribution in [1.29, 1.82) is 0 Å². The number of carbonyl (C=O) groups is 1. The molecule has 2 saturated carbocycles. The van der Waals surface area contributed by atoms with Gasteiger partial charge in [-0.15, -0.1) is 0 Å². The fraction of sp³-hybridized carbons (Fsp3) is 0.562. The number of hydrogen-bond donors (Lipinski definition) is 2. The normalized spacial score (nSPS) is 24.9. The molecule has 0 aromatic heterocycles. The minimum Gasteiger partial charge on any atom is -0.497 e. The molecule has 0 bridgehead atoms. The van der Waals surface area contributed by atoms with E-state index in [-0.39, 0.29) is 5.91 Å². The Balaban J connectivity index is 1.40. The van der Waals surface area contributed by atoms with Crippen LogP contribution >= 0.6 is 0 Å². The lowest BCUT2D eigenvalue weighted by atomic mass is 9.76. The Hall–Kier alpha value is -1.55. The molecule has 1 aromatic carbocycles. The largest absolute Gasteiger partial charge is 0.497 e. The third kappa shape index (κ3) is 3.31. The van der Waals surface area contributed by atoms with Crippen molar-refractivity contribution < 1.29 is 9.53 Å². The summed E-state index contributed by atoms with van der Waals surface area (Å²) >= 11 is 0. The predicted molar refractivity (Wildman–Crippen MR) is 77.9 cm³/mol. The summed E-state index contributed by atoms with van der Waals surface area (Å²) in [5.41, 5.74) is 1.34.